The van der Waals surface area contributed by atoms with Crippen molar-refractivity contribution in [1.29, 1.82) is 0 Å². The molecule has 3 atom stereocenters. The predicted molar refractivity (Wildman–Crippen MR) is 115 cm³/mol. The molecule has 5 nitrogen and oxygen atoms in total. The van der Waals surface area contributed by atoms with E-state index in [1.807, 2.05) is 0 Å². The lowest BCUT2D eigenvalue weighted by atomic mass is 9.58. The Hall–Kier alpha value is -2.53. The third kappa shape index (κ3) is 2.99. The highest BCUT2D eigenvalue weighted by Gasteiger charge is 2.48. The van der Waals surface area contributed by atoms with Crippen LogP contribution in [0.3, 0.4) is 0 Å². The third-order valence-electron chi connectivity index (χ3n) is 7.32. The van der Waals surface area contributed by atoms with Gasteiger partial charge in [0.2, 0.25) is 5.82 Å². The van der Waals surface area contributed by atoms with Crippen LogP contribution in [0, 0.1) is 0 Å². The number of likely N-dealkylation sites (N-methyl/N-ethyl adjacent to an activating group) is 1. The summed E-state index contributed by atoms with van der Waals surface area (Å²) in [5.74, 6) is 1.11. The maximum atomic E-state index is 4.20. The highest BCUT2D eigenvalue weighted by molar-refractivity contribution is 5.57. The van der Waals surface area contributed by atoms with Crippen LogP contribution < -0.4 is 0 Å². The number of likely N-dealkylation sites (tertiary alicyclic amines) is 1. The molecule has 1 aromatic heterocycles. The molecule has 1 aliphatic heterocycles. The van der Waals surface area contributed by atoms with Gasteiger partial charge in [0.05, 0.1) is 0 Å². The minimum Gasteiger partial charge on any atom is -0.302 e. The standard InChI is InChI=1S/C24H29N5/c1-4-16-9-10-17-15-21-22(24(2,20(17)13-16)11-6-12-29(21)3)18-7-5-8-19(14-18)23-25-27-28-26-23/h5,7-10,13-14,21-22H,4,6,11-12,15H2,1-3H3,(H,25,26,27,28)/t21?,22-,24+/m0/s1. The largest absolute Gasteiger partial charge is 0.302 e. The first-order valence-corrected chi connectivity index (χ1v) is 10.8. The van der Waals surface area contributed by atoms with Crippen LogP contribution in [-0.2, 0) is 18.3 Å². The van der Waals surface area contributed by atoms with Gasteiger partial charge in [0.1, 0.15) is 0 Å². The van der Waals surface area contributed by atoms with Crippen molar-refractivity contribution < 1.29 is 0 Å². The monoisotopic (exact) mass is 387 g/mol. The van der Waals surface area contributed by atoms with E-state index in [0.717, 1.165) is 24.9 Å². The molecule has 0 spiro atoms. The number of hydrogen-bond donors (Lipinski definition) is 1. The number of hydrogen-bond acceptors (Lipinski definition) is 4. The van der Waals surface area contributed by atoms with E-state index in [-0.39, 0.29) is 5.41 Å². The summed E-state index contributed by atoms with van der Waals surface area (Å²) < 4.78 is 0. The van der Waals surface area contributed by atoms with Gasteiger partial charge in [-0.3, -0.25) is 0 Å². The molecule has 2 aromatic carbocycles. The highest BCUT2D eigenvalue weighted by Crippen LogP contribution is 2.53. The van der Waals surface area contributed by atoms with Crippen LogP contribution >= 0.6 is 0 Å². The molecule has 3 aromatic rings. The fraction of sp³-hybridized carbons (Fsp3) is 0.458. The minimum absolute atomic E-state index is 0.129. The van der Waals surface area contributed by atoms with E-state index in [1.165, 1.54) is 29.5 Å². The second-order valence-corrected chi connectivity index (χ2v) is 8.96. The fourth-order valence-corrected chi connectivity index (χ4v) is 5.80. The predicted octanol–water partition coefficient (Wildman–Crippen LogP) is 4.12. The van der Waals surface area contributed by atoms with Crippen LogP contribution in [0.4, 0.5) is 0 Å². The van der Waals surface area contributed by atoms with Gasteiger partial charge in [-0.1, -0.05) is 50.2 Å². The lowest BCUT2D eigenvalue weighted by molar-refractivity contribution is 0.181. The van der Waals surface area contributed by atoms with Crippen molar-refractivity contribution in [3.63, 3.8) is 0 Å². The summed E-state index contributed by atoms with van der Waals surface area (Å²) in [6.45, 7) is 5.92. The van der Waals surface area contributed by atoms with Crippen molar-refractivity contribution in [1.82, 2.24) is 25.5 Å². The minimum atomic E-state index is 0.129. The van der Waals surface area contributed by atoms with Gasteiger partial charge in [-0.05, 0) is 72.8 Å². The molecule has 1 unspecified atom stereocenters. The Labute approximate surface area is 172 Å². The van der Waals surface area contributed by atoms with Gasteiger partial charge in [-0.25, -0.2) is 0 Å². The van der Waals surface area contributed by atoms with Crippen LogP contribution in [-0.4, -0.2) is 45.2 Å². The van der Waals surface area contributed by atoms with Crippen molar-refractivity contribution in [2.75, 3.05) is 13.6 Å². The van der Waals surface area contributed by atoms with E-state index in [9.17, 15) is 0 Å². The van der Waals surface area contributed by atoms with E-state index < -0.39 is 0 Å². The Morgan fingerprint density at radius 3 is 2.90 bits per heavy atom. The molecule has 5 rings (SSSR count). The zero-order valence-electron chi connectivity index (χ0n) is 17.5. The average Bonchev–Trinajstić information content (AvgIpc) is 3.25. The maximum absolute atomic E-state index is 4.20. The molecular formula is C24H29N5. The highest BCUT2D eigenvalue weighted by atomic mass is 15.5. The number of aromatic nitrogens is 4. The number of rotatable bonds is 3. The quantitative estimate of drug-likeness (QED) is 0.734. The molecule has 2 aliphatic rings. The Morgan fingerprint density at radius 2 is 2.10 bits per heavy atom. The number of aryl methyl sites for hydroxylation is 1. The van der Waals surface area contributed by atoms with Gasteiger partial charge in [0, 0.05) is 22.9 Å². The lowest BCUT2D eigenvalue weighted by Gasteiger charge is -2.48. The molecule has 2 heterocycles. The van der Waals surface area contributed by atoms with Gasteiger partial charge in [-0.15, -0.1) is 10.2 Å². The second-order valence-electron chi connectivity index (χ2n) is 8.96. The maximum Gasteiger partial charge on any atom is 0.204 e. The fourth-order valence-electron chi connectivity index (χ4n) is 5.80. The second kappa shape index (κ2) is 7.06. The first-order valence-electron chi connectivity index (χ1n) is 10.8. The average molecular weight is 388 g/mol. The molecule has 1 N–H and O–H groups in total. The first kappa shape index (κ1) is 18.5. The number of aromatic amines is 1. The zero-order chi connectivity index (χ0) is 20.0. The number of tetrazole rings is 1. The van der Waals surface area contributed by atoms with Crippen LogP contribution in [0.1, 0.15) is 54.9 Å². The Bertz CT molecular complexity index is 1010. The number of benzene rings is 2. The summed E-state index contributed by atoms with van der Waals surface area (Å²) in [4.78, 5) is 2.59. The summed E-state index contributed by atoms with van der Waals surface area (Å²) in [6.07, 6.45) is 4.65. The Balaban J connectivity index is 1.68. The zero-order valence-corrected chi connectivity index (χ0v) is 17.5. The molecule has 1 aliphatic carbocycles. The van der Waals surface area contributed by atoms with E-state index >= 15 is 0 Å². The Kier molecular flexibility index (Phi) is 4.50. The summed E-state index contributed by atoms with van der Waals surface area (Å²) in [6, 6.07) is 16.5. The Morgan fingerprint density at radius 1 is 1.21 bits per heavy atom. The normalized spacial score (nSPS) is 26.7. The molecule has 150 valence electrons. The van der Waals surface area contributed by atoms with Crippen molar-refractivity contribution >= 4 is 0 Å². The van der Waals surface area contributed by atoms with Crippen LogP contribution in [0.5, 0.6) is 0 Å². The van der Waals surface area contributed by atoms with Gasteiger partial charge in [-0.2, -0.15) is 5.21 Å². The number of fused-ring (bicyclic) bond motifs is 4. The van der Waals surface area contributed by atoms with Gasteiger partial charge >= 0.3 is 0 Å². The number of nitrogens with one attached hydrogen (secondary N) is 1. The molecule has 0 amide bonds. The van der Waals surface area contributed by atoms with Crippen molar-refractivity contribution in [2.45, 2.75) is 56.9 Å². The van der Waals surface area contributed by atoms with E-state index in [1.54, 1.807) is 5.56 Å². The van der Waals surface area contributed by atoms with Crippen LogP contribution in [0.25, 0.3) is 11.4 Å². The number of nitrogens with zero attached hydrogens (tertiary/aromatic N) is 4. The molecule has 0 saturated carbocycles. The summed E-state index contributed by atoms with van der Waals surface area (Å²) in [5, 5.41) is 14.7. The summed E-state index contributed by atoms with van der Waals surface area (Å²) in [5.41, 5.74) is 7.10. The SMILES string of the molecule is CCc1ccc2c(c1)[C@@]1(C)CCCN(C)C(C2)[C@@H]1c1cccc(-c2nn[nH]n2)c1. The van der Waals surface area contributed by atoms with Crippen molar-refractivity contribution in [2.24, 2.45) is 0 Å². The topological polar surface area (TPSA) is 57.7 Å². The van der Waals surface area contributed by atoms with E-state index in [4.69, 9.17) is 0 Å². The molecule has 2 bridgehead atoms. The smallest absolute Gasteiger partial charge is 0.204 e. The molecule has 5 heteroatoms. The van der Waals surface area contributed by atoms with Gasteiger partial charge in [0.15, 0.2) is 0 Å². The number of H-pyrrole nitrogens is 1. The van der Waals surface area contributed by atoms with Crippen molar-refractivity contribution in [3.05, 3.63) is 64.7 Å². The van der Waals surface area contributed by atoms with Gasteiger partial charge in [0.25, 0.3) is 0 Å². The lowest BCUT2D eigenvalue weighted by Crippen LogP contribution is -2.48. The molecule has 0 radical (unpaired) electrons. The van der Waals surface area contributed by atoms with Crippen molar-refractivity contribution in [3.8, 4) is 11.4 Å². The van der Waals surface area contributed by atoms with E-state index in [0.29, 0.717) is 17.8 Å². The van der Waals surface area contributed by atoms with E-state index in [2.05, 4.69) is 88.9 Å². The molecular weight excluding hydrogens is 358 g/mol. The van der Waals surface area contributed by atoms with Crippen LogP contribution in [0.2, 0.25) is 0 Å². The molecule has 1 saturated heterocycles. The summed E-state index contributed by atoms with van der Waals surface area (Å²) in [7, 11) is 2.30. The molecule has 1 fully saturated rings. The summed E-state index contributed by atoms with van der Waals surface area (Å²) >= 11 is 0. The van der Waals surface area contributed by atoms with Gasteiger partial charge < -0.3 is 4.90 Å². The molecule has 29 heavy (non-hydrogen) atoms. The van der Waals surface area contributed by atoms with Crippen LogP contribution in [0.15, 0.2) is 42.5 Å². The first-order chi connectivity index (χ1) is 14.1. The third-order valence-corrected chi connectivity index (χ3v) is 7.32.